The van der Waals surface area contributed by atoms with Crippen molar-refractivity contribution in [2.24, 2.45) is 11.7 Å². The Labute approximate surface area is 162 Å². The first-order chi connectivity index (χ1) is 12.8. The summed E-state index contributed by atoms with van der Waals surface area (Å²) in [6.07, 6.45) is 2.30. The fourth-order valence-electron chi connectivity index (χ4n) is 2.81. The summed E-state index contributed by atoms with van der Waals surface area (Å²) in [6.45, 7) is 0. The van der Waals surface area contributed by atoms with Gasteiger partial charge in [0.1, 0.15) is 4.21 Å². The number of carbonyl (C=O) groups excluding carboxylic acids is 2. The van der Waals surface area contributed by atoms with Gasteiger partial charge in [0.25, 0.3) is 10.0 Å². The molecule has 0 radical (unpaired) electrons. The molecule has 1 aromatic carbocycles. The zero-order valence-electron chi connectivity index (χ0n) is 14.6. The molecular weight excluding hydrogens is 386 g/mol. The summed E-state index contributed by atoms with van der Waals surface area (Å²) in [5, 5.41) is 4.58. The summed E-state index contributed by atoms with van der Waals surface area (Å²) in [4.78, 5) is 23.4. The number of anilines is 1. The van der Waals surface area contributed by atoms with Crippen LogP contribution in [0.25, 0.3) is 0 Å². The van der Waals surface area contributed by atoms with Crippen LogP contribution in [0.15, 0.2) is 46.0 Å². The molecule has 1 aliphatic carbocycles. The number of amides is 2. The fourth-order valence-corrected chi connectivity index (χ4v) is 4.86. The van der Waals surface area contributed by atoms with Gasteiger partial charge >= 0.3 is 0 Å². The summed E-state index contributed by atoms with van der Waals surface area (Å²) in [5.41, 5.74) is 6.42. The lowest BCUT2D eigenvalue weighted by Gasteiger charge is -2.16. The van der Waals surface area contributed by atoms with E-state index < -0.39 is 15.9 Å². The molecule has 0 saturated heterocycles. The molecule has 0 unspecified atom stereocenters. The number of rotatable bonds is 9. The van der Waals surface area contributed by atoms with Gasteiger partial charge in [-0.15, -0.1) is 11.3 Å². The molecule has 0 spiro atoms. The van der Waals surface area contributed by atoms with Crippen molar-refractivity contribution in [3.63, 3.8) is 0 Å². The number of nitrogens with one attached hydrogen (secondary N) is 2. The monoisotopic (exact) mass is 407 g/mol. The molecule has 1 atom stereocenters. The number of nitrogens with two attached hydrogens (primary N) is 1. The Bertz CT molecular complexity index is 905. The van der Waals surface area contributed by atoms with Crippen LogP contribution in [0.3, 0.4) is 0 Å². The van der Waals surface area contributed by atoms with Gasteiger partial charge in [-0.05, 0) is 47.9 Å². The van der Waals surface area contributed by atoms with Crippen molar-refractivity contribution < 1.29 is 18.0 Å². The van der Waals surface area contributed by atoms with E-state index in [0.29, 0.717) is 11.6 Å². The minimum Gasteiger partial charge on any atom is -0.370 e. The van der Waals surface area contributed by atoms with E-state index in [1.54, 1.807) is 35.7 Å². The smallest absolute Gasteiger partial charge is 0.271 e. The summed E-state index contributed by atoms with van der Waals surface area (Å²) >= 11 is 1.14. The molecule has 27 heavy (non-hydrogen) atoms. The summed E-state index contributed by atoms with van der Waals surface area (Å²) in [6, 6.07) is 9.65. The maximum Gasteiger partial charge on any atom is 0.271 e. The Morgan fingerprint density at radius 3 is 2.44 bits per heavy atom. The molecule has 1 fully saturated rings. The van der Waals surface area contributed by atoms with E-state index in [-0.39, 0.29) is 29.0 Å². The third-order valence-electron chi connectivity index (χ3n) is 4.29. The van der Waals surface area contributed by atoms with Crippen LogP contribution in [0.5, 0.6) is 0 Å². The highest BCUT2D eigenvalue weighted by atomic mass is 32.2. The van der Waals surface area contributed by atoms with Gasteiger partial charge < -0.3 is 11.1 Å². The first-order valence-electron chi connectivity index (χ1n) is 8.56. The molecule has 7 nitrogen and oxygen atoms in total. The van der Waals surface area contributed by atoms with E-state index >= 15 is 0 Å². The van der Waals surface area contributed by atoms with E-state index in [4.69, 9.17) is 5.73 Å². The molecule has 144 valence electrons. The van der Waals surface area contributed by atoms with Gasteiger partial charge in [0.2, 0.25) is 11.8 Å². The normalized spacial score (nSPS) is 15.1. The van der Waals surface area contributed by atoms with Crippen LogP contribution < -0.4 is 15.8 Å². The third-order valence-corrected chi connectivity index (χ3v) is 7.07. The van der Waals surface area contributed by atoms with Crippen molar-refractivity contribution in [2.45, 2.75) is 35.9 Å². The second kappa shape index (κ2) is 8.10. The average Bonchev–Trinajstić information content (AvgIpc) is 3.28. The molecule has 2 amide bonds. The number of carbonyl (C=O) groups is 2. The van der Waals surface area contributed by atoms with Crippen molar-refractivity contribution in [1.82, 2.24) is 5.32 Å². The second-order valence-electron chi connectivity index (χ2n) is 6.59. The van der Waals surface area contributed by atoms with Crippen LogP contribution >= 0.6 is 11.3 Å². The van der Waals surface area contributed by atoms with E-state index in [9.17, 15) is 18.0 Å². The van der Waals surface area contributed by atoms with Crippen molar-refractivity contribution in [3.8, 4) is 0 Å². The fraction of sp³-hybridized carbons (Fsp3) is 0.333. The van der Waals surface area contributed by atoms with E-state index in [1.807, 2.05) is 0 Å². The van der Waals surface area contributed by atoms with Gasteiger partial charge in [-0.2, -0.15) is 0 Å². The Balaban J connectivity index is 1.57. The zero-order chi connectivity index (χ0) is 19.4. The predicted octanol–water partition coefficient (Wildman–Crippen LogP) is 1.86. The number of hydrogen-bond acceptors (Lipinski definition) is 5. The summed E-state index contributed by atoms with van der Waals surface area (Å²) in [5.74, 6) is -0.273. The Morgan fingerprint density at radius 1 is 1.19 bits per heavy atom. The lowest BCUT2D eigenvalue weighted by molar-refractivity contribution is -0.122. The van der Waals surface area contributed by atoms with Gasteiger partial charge in [-0.1, -0.05) is 18.2 Å². The molecule has 1 aromatic heterocycles. The van der Waals surface area contributed by atoms with Gasteiger partial charge in [-0.25, -0.2) is 8.42 Å². The number of sulfonamides is 1. The van der Waals surface area contributed by atoms with Gasteiger partial charge in [0.05, 0.1) is 6.42 Å². The number of thiophene rings is 1. The highest BCUT2D eigenvalue weighted by molar-refractivity contribution is 7.94. The Kier molecular flexibility index (Phi) is 5.81. The standard InChI is InChI=1S/C18H21N3O4S2/c19-16(22)11-15(13-5-6-13)20-17(23)10-12-3-7-14(8-4-12)21-27(24,25)18-2-1-9-26-18/h1-4,7-9,13,15,21H,5-6,10-11H2,(H2,19,22)(H,20,23)/t15-/m1/s1. The topological polar surface area (TPSA) is 118 Å². The van der Waals surface area contributed by atoms with E-state index in [1.165, 1.54) is 6.07 Å². The minimum atomic E-state index is -3.59. The highest BCUT2D eigenvalue weighted by Crippen LogP contribution is 2.34. The van der Waals surface area contributed by atoms with Crippen LogP contribution in [0, 0.1) is 5.92 Å². The summed E-state index contributed by atoms with van der Waals surface area (Å²) in [7, 11) is -3.59. The molecule has 1 saturated carbocycles. The van der Waals surface area contributed by atoms with Crippen LogP contribution in [-0.2, 0) is 26.0 Å². The minimum absolute atomic E-state index is 0.153. The lowest BCUT2D eigenvalue weighted by atomic mass is 10.1. The van der Waals surface area contributed by atoms with Crippen molar-refractivity contribution in [1.29, 1.82) is 0 Å². The second-order valence-corrected chi connectivity index (χ2v) is 9.45. The molecule has 9 heteroatoms. The van der Waals surface area contributed by atoms with Crippen molar-refractivity contribution in [2.75, 3.05) is 4.72 Å². The lowest BCUT2D eigenvalue weighted by Crippen LogP contribution is -2.40. The van der Waals surface area contributed by atoms with Crippen molar-refractivity contribution in [3.05, 3.63) is 47.3 Å². The van der Waals surface area contributed by atoms with E-state index in [0.717, 1.165) is 29.7 Å². The highest BCUT2D eigenvalue weighted by Gasteiger charge is 2.33. The molecular formula is C18H21N3O4S2. The molecule has 3 rings (SSSR count). The van der Waals surface area contributed by atoms with E-state index in [2.05, 4.69) is 10.0 Å². The SMILES string of the molecule is NC(=O)C[C@@H](NC(=O)Cc1ccc(NS(=O)(=O)c2cccs2)cc1)C1CC1. The predicted molar refractivity (Wildman–Crippen MR) is 104 cm³/mol. The molecule has 2 aromatic rings. The number of benzene rings is 1. The van der Waals surface area contributed by atoms with Crippen LogP contribution in [-0.4, -0.2) is 26.3 Å². The number of primary amides is 1. The average molecular weight is 408 g/mol. The van der Waals surface area contributed by atoms with Crippen LogP contribution in [0.1, 0.15) is 24.8 Å². The van der Waals surface area contributed by atoms with Crippen LogP contribution in [0.2, 0.25) is 0 Å². The first-order valence-corrected chi connectivity index (χ1v) is 10.9. The van der Waals surface area contributed by atoms with Crippen molar-refractivity contribution >= 4 is 38.9 Å². The maximum atomic E-state index is 12.2. The molecule has 4 N–H and O–H groups in total. The third kappa shape index (κ3) is 5.54. The Hall–Kier alpha value is -2.39. The number of hydrogen-bond donors (Lipinski definition) is 3. The molecule has 1 heterocycles. The zero-order valence-corrected chi connectivity index (χ0v) is 16.2. The van der Waals surface area contributed by atoms with Gasteiger partial charge in [-0.3, -0.25) is 14.3 Å². The maximum absolute atomic E-state index is 12.2. The summed E-state index contributed by atoms with van der Waals surface area (Å²) < 4.78 is 27.2. The Morgan fingerprint density at radius 2 is 1.89 bits per heavy atom. The van der Waals surface area contributed by atoms with Gasteiger partial charge in [0, 0.05) is 18.2 Å². The molecule has 0 aliphatic heterocycles. The van der Waals surface area contributed by atoms with Crippen LogP contribution in [0.4, 0.5) is 5.69 Å². The first kappa shape index (κ1) is 19.4. The molecule has 0 bridgehead atoms. The largest absolute Gasteiger partial charge is 0.370 e. The van der Waals surface area contributed by atoms with Gasteiger partial charge in [0.15, 0.2) is 0 Å². The molecule has 1 aliphatic rings. The quantitative estimate of drug-likeness (QED) is 0.588.